The molecule has 1 unspecified atom stereocenters. The summed E-state index contributed by atoms with van der Waals surface area (Å²) in [4.78, 5) is 20.5. The van der Waals surface area contributed by atoms with Crippen molar-refractivity contribution in [1.82, 2.24) is 20.4 Å². The number of nitrogens with zero attached hydrogens (tertiary/aromatic N) is 3. The predicted octanol–water partition coefficient (Wildman–Crippen LogP) is 3.90. The number of hydrogen-bond acceptors (Lipinski definition) is 5. The summed E-state index contributed by atoms with van der Waals surface area (Å²) in [7, 11) is 0. The van der Waals surface area contributed by atoms with Gasteiger partial charge in [0.05, 0.1) is 16.6 Å². The molecule has 2 saturated carbocycles. The number of hydrogen-bond donors (Lipinski definition) is 1. The molecule has 6 heteroatoms. The van der Waals surface area contributed by atoms with E-state index in [2.05, 4.69) is 41.1 Å². The molecule has 29 heavy (non-hydrogen) atoms. The molecule has 3 fully saturated rings. The Morgan fingerprint density at radius 3 is 2.72 bits per heavy atom. The van der Waals surface area contributed by atoms with Crippen LogP contribution in [0.5, 0.6) is 0 Å². The molecule has 2 aromatic rings. The quantitative estimate of drug-likeness (QED) is 0.802. The summed E-state index contributed by atoms with van der Waals surface area (Å²) >= 11 is 0. The molecule has 1 atom stereocenters. The van der Waals surface area contributed by atoms with Crippen molar-refractivity contribution < 1.29 is 9.32 Å². The fraction of sp³-hybridized carbons (Fsp3) is 0.696. The van der Waals surface area contributed by atoms with Gasteiger partial charge in [-0.2, -0.15) is 0 Å². The molecule has 1 saturated heterocycles. The molecule has 6 nitrogen and oxygen atoms in total. The van der Waals surface area contributed by atoms with E-state index in [1.807, 2.05) is 6.07 Å². The number of carbonyl (C=O) groups excluding carboxylic acids is 1. The lowest BCUT2D eigenvalue weighted by Gasteiger charge is -2.17. The van der Waals surface area contributed by atoms with Gasteiger partial charge < -0.3 is 14.7 Å². The van der Waals surface area contributed by atoms with E-state index in [0.29, 0.717) is 23.1 Å². The summed E-state index contributed by atoms with van der Waals surface area (Å²) in [6, 6.07) is 2.80. The Bertz CT molecular complexity index is 921. The molecule has 156 valence electrons. The fourth-order valence-corrected chi connectivity index (χ4v) is 4.55. The summed E-state index contributed by atoms with van der Waals surface area (Å²) in [5.74, 6) is 1.00. The third-order valence-corrected chi connectivity index (χ3v) is 6.41. The van der Waals surface area contributed by atoms with Gasteiger partial charge >= 0.3 is 0 Å². The average Bonchev–Trinajstić information content (AvgIpc) is 3.60. The van der Waals surface area contributed by atoms with Crippen LogP contribution in [0.3, 0.4) is 0 Å². The molecule has 2 aromatic heterocycles. The summed E-state index contributed by atoms with van der Waals surface area (Å²) in [5.41, 5.74) is 3.08. The van der Waals surface area contributed by atoms with Crippen molar-refractivity contribution in [3.63, 3.8) is 0 Å². The molecule has 3 heterocycles. The van der Waals surface area contributed by atoms with Crippen molar-refractivity contribution in [1.29, 1.82) is 0 Å². The van der Waals surface area contributed by atoms with Crippen LogP contribution in [0, 0.1) is 11.3 Å². The van der Waals surface area contributed by atoms with Crippen LogP contribution in [-0.2, 0) is 6.42 Å². The second-order valence-corrected chi connectivity index (χ2v) is 10.5. The van der Waals surface area contributed by atoms with E-state index >= 15 is 0 Å². The standard InChI is InChI=1S/C23H32N4O2/c1-23(2,3)11-19-20-17(10-18(15-4-5-15)25-22(20)29-26-19)21(28)24-12-14-8-9-27(13-14)16-6-7-16/h10,14-16H,4-9,11-13H2,1-3H3,(H,24,28). The van der Waals surface area contributed by atoms with Crippen LogP contribution in [-0.4, -0.2) is 46.6 Å². The van der Waals surface area contributed by atoms with Crippen LogP contribution in [0.2, 0.25) is 0 Å². The maximum absolute atomic E-state index is 13.2. The van der Waals surface area contributed by atoms with Gasteiger partial charge in [0.15, 0.2) is 0 Å². The van der Waals surface area contributed by atoms with Gasteiger partial charge in [-0.3, -0.25) is 4.79 Å². The van der Waals surface area contributed by atoms with E-state index in [-0.39, 0.29) is 11.3 Å². The minimum absolute atomic E-state index is 0.0115. The zero-order valence-electron chi connectivity index (χ0n) is 17.8. The largest absolute Gasteiger partial charge is 0.352 e. The molecule has 2 aliphatic carbocycles. The second-order valence-electron chi connectivity index (χ2n) is 10.5. The molecule has 1 aliphatic heterocycles. The summed E-state index contributed by atoms with van der Waals surface area (Å²) in [5, 5.41) is 8.31. The Morgan fingerprint density at radius 1 is 1.24 bits per heavy atom. The maximum atomic E-state index is 13.2. The van der Waals surface area contributed by atoms with Crippen LogP contribution in [0.25, 0.3) is 11.1 Å². The van der Waals surface area contributed by atoms with Gasteiger partial charge in [0.25, 0.3) is 11.6 Å². The van der Waals surface area contributed by atoms with Crippen LogP contribution < -0.4 is 5.32 Å². The highest BCUT2D eigenvalue weighted by Gasteiger charge is 2.35. The van der Waals surface area contributed by atoms with Crippen molar-refractivity contribution in [2.75, 3.05) is 19.6 Å². The molecule has 0 aromatic carbocycles. The van der Waals surface area contributed by atoms with Crippen molar-refractivity contribution >= 4 is 17.0 Å². The zero-order valence-corrected chi connectivity index (χ0v) is 17.8. The normalized spacial score (nSPS) is 23.1. The zero-order chi connectivity index (χ0) is 20.2. The minimum Gasteiger partial charge on any atom is -0.352 e. The number of carbonyl (C=O) groups is 1. The van der Waals surface area contributed by atoms with Gasteiger partial charge in [-0.25, -0.2) is 4.98 Å². The first-order chi connectivity index (χ1) is 13.9. The van der Waals surface area contributed by atoms with Gasteiger partial charge in [0.2, 0.25) is 0 Å². The lowest BCUT2D eigenvalue weighted by atomic mass is 9.89. The van der Waals surface area contributed by atoms with E-state index in [0.717, 1.165) is 55.2 Å². The maximum Gasteiger partial charge on any atom is 0.259 e. The fourth-order valence-electron chi connectivity index (χ4n) is 4.55. The molecule has 0 spiro atoms. The summed E-state index contributed by atoms with van der Waals surface area (Å²) in [6.07, 6.45) is 6.91. The second kappa shape index (κ2) is 7.08. The minimum atomic E-state index is -0.0115. The summed E-state index contributed by atoms with van der Waals surface area (Å²) < 4.78 is 5.58. The van der Waals surface area contributed by atoms with Crippen LogP contribution in [0.4, 0.5) is 0 Å². The van der Waals surface area contributed by atoms with E-state index in [9.17, 15) is 4.79 Å². The first kappa shape index (κ1) is 19.0. The van der Waals surface area contributed by atoms with Gasteiger partial charge in [-0.1, -0.05) is 25.9 Å². The topological polar surface area (TPSA) is 71.3 Å². The predicted molar refractivity (Wildman–Crippen MR) is 112 cm³/mol. The average molecular weight is 397 g/mol. The third-order valence-electron chi connectivity index (χ3n) is 6.41. The van der Waals surface area contributed by atoms with Gasteiger partial charge in [0.1, 0.15) is 0 Å². The highest BCUT2D eigenvalue weighted by atomic mass is 16.5. The van der Waals surface area contributed by atoms with Crippen LogP contribution >= 0.6 is 0 Å². The number of amides is 1. The molecule has 0 bridgehead atoms. The number of rotatable bonds is 6. The van der Waals surface area contributed by atoms with E-state index < -0.39 is 0 Å². The molecule has 0 radical (unpaired) electrons. The highest BCUT2D eigenvalue weighted by molar-refractivity contribution is 6.06. The number of pyridine rings is 1. The smallest absolute Gasteiger partial charge is 0.259 e. The molecule has 3 aliphatic rings. The Morgan fingerprint density at radius 2 is 2.03 bits per heavy atom. The van der Waals surface area contributed by atoms with Crippen LogP contribution in [0.1, 0.15) is 80.5 Å². The number of likely N-dealkylation sites (tertiary alicyclic amines) is 1. The lowest BCUT2D eigenvalue weighted by Crippen LogP contribution is -2.31. The van der Waals surface area contributed by atoms with Crippen molar-refractivity contribution in [3.05, 3.63) is 23.0 Å². The van der Waals surface area contributed by atoms with Crippen molar-refractivity contribution in [2.24, 2.45) is 11.3 Å². The molecular weight excluding hydrogens is 364 g/mol. The Kier molecular flexibility index (Phi) is 4.65. The monoisotopic (exact) mass is 396 g/mol. The van der Waals surface area contributed by atoms with Crippen LogP contribution in [0.15, 0.2) is 10.6 Å². The Labute approximate surface area is 172 Å². The molecule has 1 N–H and O–H groups in total. The van der Waals surface area contributed by atoms with E-state index in [1.54, 1.807) is 0 Å². The molecular formula is C23H32N4O2. The van der Waals surface area contributed by atoms with Gasteiger partial charge in [-0.15, -0.1) is 0 Å². The lowest BCUT2D eigenvalue weighted by molar-refractivity contribution is 0.0948. The van der Waals surface area contributed by atoms with Gasteiger partial charge in [0, 0.05) is 30.7 Å². The first-order valence-electron chi connectivity index (χ1n) is 11.2. The highest BCUT2D eigenvalue weighted by Crippen LogP contribution is 2.41. The first-order valence-corrected chi connectivity index (χ1v) is 11.2. The van der Waals surface area contributed by atoms with E-state index in [1.165, 1.54) is 25.8 Å². The summed E-state index contributed by atoms with van der Waals surface area (Å²) in [6.45, 7) is 9.55. The number of aromatic nitrogens is 2. The van der Waals surface area contributed by atoms with Crippen molar-refractivity contribution in [2.45, 2.75) is 71.3 Å². The number of fused-ring (bicyclic) bond motifs is 1. The molecule has 5 rings (SSSR count). The van der Waals surface area contributed by atoms with Gasteiger partial charge in [-0.05, 0) is 62.5 Å². The van der Waals surface area contributed by atoms with E-state index in [4.69, 9.17) is 4.52 Å². The SMILES string of the molecule is CC(C)(C)Cc1noc2nc(C3CC3)cc(C(=O)NCC3CCN(C4CC4)C3)c12. The molecule has 1 amide bonds. The number of nitrogens with one attached hydrogen (secondary N) is 1. The van der Waals surface area contributed by atoms with Crippen molar-refractivity contribution in [3.8, 4) is 0 Å². The Hall–Kier alpha value is -1.95. The Balaban J connectivity index is 1.37. The third kappa shape index (κ3) is 4.18.